The highest BCUT2D eigenvalue weighted by Gasteiger charge is 2.28. The predicted molar refractivity (Wildman–Crippen MR) is 110 cm³/mol. The lowest BCUT2D eigenvalue weighted by Crippen LogP contribution is -2.40. The highest BCUT2D eigenvalue weighted by molar-refractivity contribution is 6.33. The second-order valence-corrected chi connectivity index (χ2v) is 7.27. The van der Waals surface area contributed by atoms with E-state index in [0.29, 0.717) is 41.3 Å². The number of halogens is 1. The summed E-state index contributed by atoms with van der Waals surface area (Å²) in [6.45, 7) is 1.23. The highest BCUT2D eigenvalue weighted by Crippen LogP contribution is 2.31. The second kappa shape index (κ2) is 8.53. The molecular weight excluding hydrogens is 392 g/mol. The molecule has 2 amide bonds. The Labute approximate surface area is 173 Å². The van der Waals surface area contributed by atoms with Gasteiger partial charge in [-0.15, -0.1) is 0 Å². The number of hydrogen-bond acceptors (Lipinski definition) is 5. The minimum absolute atomic E-state index is 0.125. The molecule has 1 aliphatic heterocycles. The van der Waals surface area contributed by atoms with Gasteiger partial charge in [0.1, 0.15) is 5.75 Å². The normalized spacial score (nSPS) is 14.6. The molecule has 0 aliphatic carbocycles. The van der Waals surface area contributed by atoms with Crippen molar-refractivity contribution >= 4 is 23.3 Å². The number of aromatic nitrogens is 2. The summed E-state index contributed by atoms with van der Waals surface area (Å²) in [5, 5.41) is 7.57. The molecule has 2 aromatic carbocycles. The second-order valence-electron chi connectivity index (χ2n) is 6.86. The summed E-state index contributed by atoms with van der Waals surface area (Å²) in [4.78, 5) is 18.9. The Morgan fingerprint density at radius 3 is 2.76 bits per heavy atom. The summed E-state index contributed by atoms with van der Waals surface area (Å²) in [5.41, 5.74) is 1.46. The van der Waals surface area contributed by atoms with Crippen LogP contribution in [0.3, 0.4) is 0 Å². The van der Waals surface area contributed by atoms with E-state index in [4.69, 9.17) is 20.9 Å². The third-order valence-electron chi connectivity index (χ3n) is 5.01. The van der Waals surface area contributed by atoms with Crippen molar-refractivity contribution in [3.8, 4) is 17.1 Å². The van der Waals surface area contributed by atoms with E-state index in [2.05, 4.69) is 15.5 Å². The molecule has 0 atom stereocenters. The van der Waals surface area contributed by atoms with Gasteiger partial charge in [-0.05, 0) is 37.1 Å². The number of anilines is 1. The van der Waals surface area contributed by atoms with Crippen molar-refractivity contribution in [2.45, 2.75) is 18.8 Å². The van der Waals surface area contributed by atoms with Crippen molar-refractivity contribution in [3.05, 3.63) is 59.4 Å². The largest absolute Gasteiger partial charge is 0.497 e. The lowest BCUT2D eigenvalue weighted by atomic mass is 9.97. The molecular formula is C21H21ClN4O3. The summed E-state index contributed by atoms with van der Waals surface area (Å²) < 4.78 is 10.7. The number of nitrogens with one attached hydrogen (secondary N) is 1. The molecule has 150 valence electrons. The lowest BCUT2D eigenvalue weighted by Gasteiger charge is -2.30. The van der Waals surface area contributed by atoms with Gasteiger partial charge in [-0.1, -0.05) is 35.0 Å². The Kier molecular flexibility index (Phi) is 5.67. The molecule has 2 heterocycles. The number of urea groups is 1. The van der Waals surface area contributed by atoms with Gasteiger partial charge in [-0.2, -0.15) is 4.98 Å². The van der Waals surface area contributed by atoms with Crippen LogP contribution in [0.25, 0.3) is 11.4 Å². The zero-order valence-corrected chi connectivity index (χ0v) is 16.7. The minimum Gasteiger partial charge on any atom is -0.497 e. The Morgan fingerprint density at radius 2 is 2.00 bits per heavy atom. The SMILES string of the molecule is COc1cccc(NC(=O)N2CCC(c3nc(-c4ccccc4Cl)no3)CC2)c1. The monoisotopic (exact) mass is 412 g/mol. The van der Waals surface area contributed by atoms with E-state index >= 15 is 0 Å². The van der Waals surface area contributed by atoms with Crippen LogP contribution in [0, 0.1) is 0 Å². The van der Waals surface area contributed by atoms with Gasteiger partial charge in [0.05, 0.1) is 12.1 Å². The maximum absolute atomic E-state index is 12.5. The van der Waals surface area contributed by atoms with Crippen LogP contribution in [0.1, 0.15) is 24.7 Å². The van der Waals surface area contributed by atoms with Gasteiger partial charge < -0.3 is 19.5 Å². The van der Waals surface area contributed by atoms with Gasteiger partial charge in [0.25, 0.3) is 0 Å². The number of ether oxygens (including phenoxy) is 1. The number of carbonyl (C=O) groups is 1. The maximum Gasteiger partial charge on any atom is 0.321 e. The van der Waals surface area contributed by atoms with Gasteiger partial charge in [-0.25, -0.2) is 4.79 Å². The Balaban J connectivity index is 1.36. The molecule has 3 aromatic rings. The van der Waals surface area contributed by atoms with Crippen LogP contribution in [0.15, 0.2) is 53.1 Å². The third-order valence-corrected chi connectivity index (χ3v) is 5.34. The highest BCUT2D eigenvalue weighted by atomic mass is 35.5. The summed E-state index contributed by atoms with van der Waals surface area (Å²) >= 11 is 6.21. The van der Waals surface area contributed by atoms with E-state index in [9.17, 15) is 4.79 Å². The number of likely N-dealkylation sites (tertiary alicyclic amines) is 1. The average molecular weight is 413 g/mol. The number of piperidine rings is 1. The lowest BCUT2D eigenvalue weighted by molar-refractivity contribution is 0.187. The number of rotatable bonds is 4. The van der Waals surface area contributed by atoms with Crippen molar-refractivity contribution in [3.63, 3.8) is 0 Å². The van der Waals surface area contributed by atoms with E-state index in [1.165, 1.54) is 0 Å². The van der Waals surface area contributed by atoms with E-state index in [0.717, 1.165) is 18.4 Å². The van der Waals surface area contributed by atoms with Crippen molar-refractivity contribution < 1.29 is 14.1 Å². The molecule has 1 N–H and O–H groups in total. The van der Waals surface area contributed by atoms with Gasteiger partial charge in [-0.3, -0.25) is 0 Å². The Hall–Kier alpha value is -3.06. The Morgan fingerprint density at radius 1 is 1.21 bits per heavy atom. The van der Waals surface area contributed by atoms with Crippen LogP contribution < -0.4 is 10.1 Å². The van der Waals surface area contributed by atoms with E-state index in [-0.39, 0.29) is 11.9 Å². The van der Waals surface area contributed by atoms with Crippen LogP contribution in [0.2, 0.25) is 5.02 Å². The summed E-state index contributed by atoms with van der Waals surface area (Å²) in [6.07, 6.45) is 1.52. The van der Waals surface area contributed by atoms with Crippen molar-refractivity contribution in [2.24, 2.45) is 0 Å². The van der Waals surface area contributed by atoms with Gasteiger partial charge in [0.15, 0.2) is 0 Å². The zero-order chi connectivity index (χ0) is 20.2. The first-order valence-corrected chi connectivity index (χ1v) is 9.80. The molecule has 0 unspecified atom stereocenters. The fraction of sp³-hybridized carbons (Fsp3) is 0.286. The first-order chi connectivity index (χ1) is 14.1. The minimum atomic E-state index is -0.126. The van der Waals surface area contributed by atoms with Crippen LogP contribution in [0.5, 0.6) is 5.75 Å². The molecule has 8 heteroatoms. The molecule has 1 aromatic heterocycles. The van der Waals surface area contributed by atoms with E-state index in [1.807, 2.05) is 36.4 Å². The number of amides is 2. The molecule has 0 radical (unpaired) electrons. The van der Waals surface area contributed by atoms with Crippen molar-refractivity contribution in [1.29, 1.82) is 0 Å². The molecule has 0 spiro atoms. The van der Waals surface area contributed by atoms with E-state index < -0.39 is 0 Å². The first kappa shape index (κ1) is 19.3. The predicted octanol–water partition coefficient (Wildman–Crippen LogP) is 4.81. The molecule has 1 aliphatic rings. The topological polar surface area (TPSA) is 80.5 Å². The zero-order valence-electron chi connectivity index (χ0n) is 16.0. The third kappa shape index (κ3) is 4.35. The number of hydrogen-bond donors (Lipinski definition) is 1. The van der Waals surface area contributed by atoms with Gasteiger partial charge >= 0.3 is 6.03 Å². The average Bonchev–Trinajstić information content (AvgIpc) is 3.24. The summed E-state index contributed by atoms with van der Waals surface area (Å²) in [6, 6.07) is 14.6. The van der Waals surface area contributed by atoms with Crippen LogP contribution in [-0.4, -0.2) is 41.3 Å². The molecule has 4 rings (SSSR count). The molecule has 0 saturated carbocycles. The van der Waals surface area contributed by atoms with Gasteiger partial charge in [0.2, 0.25) is 11.7 Å². The summed E-state index contributed by atoms with van der Waals surface area (Å²) in [5.74, 6) is 1.91. The first-order valence-electron chi connectivity index (χ1n) is 9.42. The smallest absolute Gasteiger partial charge is 0.321 e. The Bertz CT molecular complexity index is 999. The van der Waals surface area contributed by atoms with Crippen LogP contribution in [-0.2, 0) is 0 Å². The van der Waals surface area contributed by atoms with Crippen LogP contribution >= 0.6 is 11.6 Å². The number of nitrogens with zero attached hydrogens (tertiary/aromatic N) is 3. The van der Waals surface area contributed by atoms with E-state index in [1.54, 1.807) is 24.1 Å². The maximum atomic E-state index is 12.5. The molecule has 1 saturated heterocycles. The number of benzene rings is 2. The van der Waals surface area contributed by atoms with Crippen molar-refractivity contribution in [2.75, 3.05) is 25.5 Å². The molecule has 1 fully saturated rings. The van der Waals surface area contributed by atoms with Crippen molar-refractivity contribution in [1.82, 2.24) is 15.0 Å². The summed E-state index contributed by atoms with van der Waals surface area (Å²) in [7, 11) is 1.60. The fourth-order valence-electron chi connectivity index (χ4n) is 3.39. The molecule has 0 bridgehead atoms. The number of carbonyl (C=O) groups excluding carboxylic acids is 1. The standard InChI is InChI=1S/C21H21ClN4O3/c1-28-16-6-4-5-15(13-16)23-21(27)26-11-9-14(10-12-26)20-24-19(25-29-20)17-7-2-3-8-18(17)22/h2-8,13-14H,9-12H2,1H3,(H,23,27). The molecule has 29 heavy (non-hydrogen) atoms. The quantitative estimate of drug-likeness (QED) is 0.665. The fourth-order valence-corrected chi connectivity index (χ4v) is 3.61. The van der Waals surface area contributed by atoms with Crippen LogP contribution in [0.4, 0.5) is 10.5 Å². The van der Waals surface area contributed by atoms with Gasteiger partial charge in [0, 0.05) is 36.3 Å². The molecule has 7 nitrogen and oxygen atoms in total. The number of methoxy groups -OCH3 is 1.